The van der Waals surface area contributed by atoms with Gasteiger partial charge in [0.1, 0.15) is 6.10 Å². The Bertz CT molecular complexity index is 789. The molecule has 1 amide bonds. The zero-order valence-electron chi connectivity index (χ0n) is 15.5. The summed E-state index contributed by atoms with van der Waals surface area (Å²) in [5, 5.41) is 2.92. The molecule has 7 heteroatoms. The van der Waals surface area contributed by atoms with Crippen molar-refractivity contribution in [2.75, 3.05) is 14.2 Å². The van der Waals surface area contributed by atoms with Crippen molar-refractivity contribution < 1.29 is 19.0 Å². The number of amides is 1. The van der Waals surface area contributed by atoms with Crippen molar-refractivity contribution in [3.63, 3.8) is 0 Å². The maximum Gasteiger partial charge on any atom is 0.252 e. The van der Waals surface area contributed by atoms with Gasteiger partial charge in [0.25, 0.3) is 5.91 Å². The molecule has 1 saturated carbocycles. The number of methoxy groups -OCH3 is 2. The van der Waals surface area contributed by atoms with Gasteiger partial charge in [0, 0.05) is 22.4 Å². The first kappa shape index (κ1) is 19.7. The van der Waals surface area contributed by atoms with Crippen molar-refractivity contribution >= 4 is 28.5 Å². The van der Waals surface area contributed by atoms with E-state index in [1.807, 2.05) is 12.1 Å². The Labute approximate surface area is 172 Å². The van der Waals surface area contributed by atoms with Crippen molar-refractivity contribution in [1.82, 2.24) is 10.3 Å². The van der Waals surface area contributed by atoms with Crippen molar-refractivity contribution in [1.29, 1.82) is 0 Å². The Morgan fingerprint density at radius 2 is 1.89 bits per heavy atom. The van der Waals surface area contributed by atoms with Gasteiger partial charge < -0.3 is 19.5 Å². The molecule has 0 bridgehead atoms. The number of pyridine rings is 1. The van der Waals surface area contributed by atoms with Gasteiger partial charge in [-0.15, -0.1) is 0 Å². The summed E-state index contributed by atoms with van der Waals surface area (Å²) < 4.78 is 17.2. The summed E-state index contributed by atoms with van der Waals surface area (Å²) in [6.07, 6.45) is 6.68. The number of carbonyl (C=O) groups excluding carboxylic acids is 1. The van der Waals surface area contributed by atoms with E-state index in [9.17, 15) is 4.79 Å². The van der Waals surface area contributed by atoms with E-state index in [2.05, 4.69) is 32.9 Å². The standard InChI is InChI=1S/C20H23IN2O4/c1-25-17-9-15(16(21)10-18(17)26-2)20(24)23-12-13-7-8-19(22-11-13)27-14-5-3-4-6-14/h7-11,14H,3-6,12H2,1-2H3,(H,23,24). The zero-order valence-corrected chi connectivity index (χ0v) is 17.6. The smallest absolute Gasteiger partial charge is 0.252 e. The van der Waals surface area contributed by atoms with E-state index in [1.165, 1.54) is 12.8 Å². The normalized spacial score (nSPS) is 14.0. The van der Waals surface area contributed by atoms with E-state index in [0.717, 1.165) is 22.0 Å². The third-order valence-electron chi connectivity index (χ3n) is 4.56. The average Bonchev–Trinajstić information content (AvgIpc) is 3.20. The van der Waals surface area contributed by atoms with Gasteiger partial charge in [-0.1, -0.05) is 6.07 Å². The predicted molar refractivity (Wildman–Crippen MR) is 111 cm³/mol. The van der Waals surface area contributed by atoms with E-state index in [-0.39, 0.29) is 12.0 Å². The highest BCUT2D eigenvalue weighted by molar-refractivity contribution is 14.1. The van der Waals surface area contributed by atoms with Crippen molar-refractivity contribution in [3.8, 4) is 17.4 Å². The Morgan fingerprint density at radius 3 is 2.52 bits per heavy atom. The van der Waals surface area contributed by atoms with Gasteiger partial charge in [-0.05, 0) is 66.0 Å². The largest absolute Gasteiger partial charge is 0.493 e. The maximum absolute atomic E-state index is 12.5. The number of carbonyl (C=O) groups is 1. The summed E-state index contributed by atoms with van der Waals surface area (Å²) in [6.45, 7) is 0.389. The van der Waals surface area contributed by atoms with E-state index in [4.69, 9.17) is 14.2 Å². The highest BCUT2D eigenvalue weighted by Crippen LogP contribution is 2.31. The minimum Gasteiger partial charge on any atom is -0.493 e. The van der Waals surface area contributed by atoms with E-state index in [0.29, 0.717) is 29.5 Å². The average molecular weight is 482 g/mol. The fourth-order valence-electron chi connectivity index (χ4n) is 3.07. The number of ether oxygens (including phenoxy) is 3. The summed E-state index contributed by atoms with van der Waals surface area (Å²) >= 11 is 2.11. The molecule has 0 aliphatic heterocycles. The van der Waals surface area contributed by atoms with Crippen LogP contribution < -0.4 is 19.5 Å². The molecule has 2 aromatic rings. The Kier molecular flexibility index (Phi) is 6.76. The van der Waals surface area contributed by atoms with E-state index >= 15 is 0 Å². The van der Waals surface area contributed by atoms with Crippen LogP contribution in [0.15, 0.2) is 30.5 Å². The lowest BCUT2D eigenvalue weighted by atomic mass is 10.2. The fraction of sp³-hybridized carbons (Fsp3) is 0.400. The molecule has 6 nitrogen and oxygen atoms in total. The highest BCUT2D eigenvalue weighted by Gasteiger charge is 2.17. The molecule has 0 saturated heterocycles. The molecule has 144 valence electrons. The third kappa shape index (κ3) is 5.03. The van der Waals surface area contributed by atoms with Crippen LogP contribution in [0.2, 0.25) is 0 Å². The molecule has 0 spiro atoms. The number of benzene rings is 1. The van der Waals surface area contributed by atoms with Crippen LogP contribution >= 0.6 is 22.6 Å². The summed E-state index contributed by atoms with van der Waals surface area (Å²) in [7, 11) is 3.12. The van der Waals surface area contributed by atoms with Crippen LogP contribution in [0.5, 0.6) is 17.4 Å². The fourth-order valence-corrected chi connectivity index (χ4v) is 3.75. The molecule has 1 heterocycles. The third-order valence-corrected chi connectivity index (χ3v) is 5.45. The lowest BCUT2D eigenvalue weighted by molar-refractivity contribution is 0.0949. The first-order valence-electron chi connectivity index (χ1n) is 8.92. The maximum atomic E-state index is 12.5. The predicted octanol–water partition coefficient (Wildman–Crippen LogP) is 3.95. The number of aromatic nitrogens is 1. The number of hydrogen-bond donors (Lipinski definition) is 1. The van der Waals surface area contributed by atoms with Crippen LogP contribution in [0.1, 0.15) is 41.6 Å². The van der Waals surface area contributed by atoms with Crippen LogP contribution in [0.25, 0.3) is 0 Å². The van der Waals surface area contributed by atoms with Gasteiger partial charge in [-0.3, -0.25) is 4.79 Å². The second-order valence-electron chi connectivity index (χ2n) is 6.40. The number of nitrogens with zero attached hydrogens (tertiary/aromatic N) is 1. The van der Waals surface area contributed by atoms with Crippen LogP contribution in [-0.4, -0.2) is 31.2 Å². The topological polar surface area (TPSA) is 69.7 Å². The van der Waals surface area contributed by atoms with Crippen LogP contribution in [0.3, 0.4) is 0 Å². The summed E-state index contributed by atoms with van der Waals surface area (Å²) in [6, 6.07) is 7.26. The monoisotopic (exact) mass is 482 g/mol. The molecule has 0 radical (unpaired) electrons. The summed E-state index contributed by atoms with van der Waals surface area (Å²) in [4.78, 5) is 16.9. The van der Waals surface area contributed by atoms with Gasteiger partial charge in [0.15, 0.2) is 11.5 Å². The van der Waals surface area contributed by atoms with Gasteiger partial charge in [0.05, 0.1) is 19.8 Å². The van der Waals surface area contributed by atoms with Gasteiger partial charge in [-0.25, -0.2) is 4.98 Å². The quantitative estimate of drug-likeness (QED) is 0.606. The second kappa shape index (κ2) is 9.25. The van der Waals surface area contributed by atoms with Crippen LogP contribution in [0, 0.1) is 3.57 Å². The number of rotatable bonds is 7. The Balaban J connectivity index is 1.60. The minimum absolute atomic E-state index is 0.174. The molecular formula is C20H23IN2O4. The summed E-state index contributed by atoms with van der Waals surface area (Å²) in [5.74, 6) is 1.59. The van der Waals surface area contributed by atoms with E-state index in [1.54, 1.807) is 32.5 Å². The Hall–Kier alpha value is -2.03. The molecule has 0 unspecified atom stereocenters. The first-order chi connectivity index (χ1) is 13.1. The first-order valence-corrected chi connectivity index (χ1v) is 10.00. The SMILES string of the molecule is COc1cc(I)c(C(=O)NCc2ccc(OC3CCCC3)nc2)cc1OC. The molecule has 1 aromatic carbocycles. The highest BCUT2D eigenvalue weighted by atomic mass is 127. The zero-order chi connectivity index (χ0) is 19.2. The van der Waals surface area contributed by atoms with Crippen LogP contribution in [-0.2, 0) is 6.54 Å². The molecule has 1 fully saturated rings. The van der Waals surface area contributed by atoms with Crippen molar-refractivity contribution in [2.45, 2.75) is 38.3 Å². The molecule has 0 atom stereocenters. The lowest BCUT2D eigenvalue weighted by Crippen LogP contribution is -2.24. The molecule has 1 aliphatic rings. The number of hydrogen-bond acceptors (Lipinski definition) is 5. The van der Waals surface area contributed by atoms with Crippen LogP contribution in [0.4, 0.5) is 0 Å². The van der Waals surface area contributed by atoms with Crippen molar-refractivity contribution in [3.05, 3.63) is 45.2 Å². The lowest BCUT2D eigenvalue weighted by Gasteiger charge is -2.13. The molecular weight excluding hydrogens is 459 g/mol. The van der Waals surface area contributed by atoms with E-state index < -0.39 is 0 Å². The number of halogens is 1. The number of nitrogens with one attached hydrogen (secondary N) is 1. The molecule has 27 heavy (non-hydrogen) atoms. The Morgan fingerprint density at radius 1 is 1.19 bits per heavy atom. The van der Waals surface area contributed by atoms with Gasteiger partial charge in [-0.2, -0.15) is 0 Å². The van der Waals surface area contributed by atoms with Gasteiger partial charge in [0.2, 0.25) is 5.88 Å². The van der Waals surface area contributed by atoms with Crippen molar-refractivity contribution in [2.24, 2.45) is 0 Å². The second-order valence-corrected chi connectivity index (χ2v) is 7.56. The summed E-state index contributed by atoms with van der Waals surface area (Å²) in [5.41, 5.74) is 1.46. The minimum atomic E-state index is -0.174. The molecule has 1 N–H and O–H groups in total. The molecule has 1 aromatic heterocycles. The molecule has 1 aliphatic carbocycles. The van der Waals surface area contributed by atoms with Gasteiger partial charge >= 0.3 is 0 Å². The molecule has 3 rings (SSSR count).